The quantitative estimate of drug-likeness (QED) is 0.918. The second-order valence-electron chi connectivity index (χ2n) is 6.03. The SMILES string of the molecule is N#Cc1ccc(C(=O)NC[C@@H](c2ccco2)N2CCCCC2)cc1. The highest BCUT2D eigenvalue weighted by atomic mass is 16.3. The summed E-state index contributed by atoms with van der Waals surface area (Å²) in [5, 5.41) is 11.8. The van der Waals surface area contributed by atoms with Gasteiger partial charge >= 0.3 is 0 Å². The van der Waals surface area contributed by atoms with Crippen molar-refractivity contribution >= 4 is 5.91 Å². The highest BCUT2D eigenvalue weighted by molar-refractivity contribution is 5.94. The molecule has 1 N–H and O–H groups in total. The van der Waals surface area contributed by atoms with Crippen LogP contribution in [0.3, 0.4) is 0 Å². The minimum Gasteiger partial charge on any atom is -0.468 e. The van der Waals surface area contributed by atoms with Gasteiger partial charge in [-0.15, -0.1) is 0 Å². The van der Waals surface area contributed by atoms with E-state index in [1.54, 1.807) is 30.5 Å². The van der Waals surface area contributed by atoms with E-state index in [0.29, 0.717) is 17.7 Å². The lowest BCUT2D eigenvalue weighted by atomic mass is 10.1. The summed E-state index contributed by atoms with van der Waals surface area (Å²) in [5.74, 6) is 0.755. The Morgan fingerprint density at radius 1 is 1.21 bits per heavy atom. The topological polar surface area (TPSA) is 69.3 Å². The molecule has 24 heavy (non-hydrogen) atoms. The van der Waals surface area contributed by atoms with Crippen LogP contribution in [-0.4, -0.2) is 30.4 Å². The highest BCUT2D eigenvalue weighted by Crippen LogP contribution is 2.24. The van der Waals surface area contributed by atoms with Crippen molar-refractivity contribution < 1.29 is 9.21 Å². The number of amides is 1. The molecule has 0 saturated carbocycles. The van der Waals surface area contributed by atoms with E-state index in [-0.39, 0.29) is 11.9 Å². The first-order chi connectivity index (χ1) is 11.8. The second-order valence-corrected chi connectivity index (χ2v) is 6.03. The van der Waals surface area contributed by atoms with Crippen LogP contribution in [0, 0.1) is 11.3 Å². The normalized spacial score (nSPS) is 16.3. The van der Waals surface area contributed by atoms with Crippen LogP contribution in [0.4, 0.5) is 0 Å². The number of nitrogens with one attached hydrogen (secondary N) is 1. The van der Waals surface area contributed by atoms with E-state index in [1.165, 1.54) is 19.3 Å². The lowest BCUT2D eigenvalue weighted by Crippen LogP contribution is -2.40. The van der Waals surface area contributed by atoms with Gasteiger partial charge in [0, 0.05) is 12.1 Å². The number of likely N-dealkylation sites (tertiary alicyclic amines) is 1. The molecule has 2 aromatic rings. The first-order valence-corrected chi connectivity index (χ1v) is 8.34. The Hall–Kier alpha value is -2.58. The average Bonchev–Trinajstić information content (AvgIpc) is 3.17. The van der Waals surface area contributed by atoms with Gasteiger partial charge < -0.3 is 9.73 Å². The molecular formula is C19H21N3O2. The van der Waals surface area contributed by atoms with E-state index >= 15 is 0 Å². The van der Waals surface area contributed by atoms with Gasteiger partial charge in [0.1, 0.15) is 5.76 Å². The first kappa shape index (κ1) is 16.3. The molecule has 0 unspecified atom stereocenters. The third-order valence-electron chi connectivity index (χ3n) is 4.44. The summed E-state index contributed by atoms with van der Waals surface area (Å²) in [6.45, 7) is 2.56. The number of furan rings is 1. The smallest absolute Gasteiger partial charge is 0.251 e. The molecule has 0 aliphatic carbocycles. The Bertz CT molecular complexity index is 695. The van der Waals surface area contributed by atoms with Crippen LogP contribution < -0.4 is 5.32 Å². The molecule has 0 radical (unpaired) electrons. The fourth-order valence-corrected chi connectivity index (χ4v) is 3.11. The molecule has 1 fully saturated rings. The summed E-state index contributed by atoms with van der Waals surface area (Å²) >= 11 is 0. The predicted molar refractivity (Wildman–Crippen MR) is 90.4 cm³/mol. The van der Waals surface area contributed by atoms with E-state index in [0.717, 1.165) is 18.8 Å². The third-order valence-corrected chi connectivity index (χ3v) is 4.44. The minimum absolute atomic E-state index is 0.0580. The molecule has 5 nitrogen and oxygen atoms in total. The standard InChI is InChI=1S/C19H21N3O2/c20-13-15-6-8-16(9-7-15)19(23)21-14-17(18-5-4-12-24-18)22-10-2-1-3-11-22/h4-9,12,17H,1-3,10-11,14H2,(H,21,23)/t17-/m0/s1. The van der Waals surface area contributed by atoms with E-state index in [4.69, 9.17) is 9.68 Å². The number of hydrogen-bond acceptors (Lipinski definition) is 4. The Morgan fingerprint density at radius 3 is 2.58 bits per heavy atom. The van der Waals surface area contributed by atoms with Gasteiger partial charge in [-0.2, -0.15) is 5.26 Å². The monoisotopic (exact) mass is 323 g/mol. The maximum absolute atomic E-state index is 12.4. The van der Waals surface area contributed by atoms with Gasteiger partial charge in [-0.25, -0.2) is 0 Å². The molecule has 1 saturated heterocycles. The van der Waals surface area contributed by atoms with Gasteiger partial charge in [0.2, 0.25) is 0 Å². The second kappa shape index (κ2) is 7.80. The van der Waals surface area contributed by atoms with E-state index in [9.17, 15) is 4.79 Å². The average molecular weight is 323 g/mol. The van der Waals surface area contributed by atoms with Gasteiger partial charge in [0.15, 0.2) is 0 Å². The number of nitrogens with zero attached hydrogens (tertiary/aromatic N) is 2. The van der Waals surface area contributed by atoms with Crippen LogP contribution in [0.1, 0.15) is 47.0 Å². The molecular weight excluding hydrogens is 302 g/mol. The van der Waals surface area contributed by atoms with Crippen LogP contribution in [0.5, 0.6) is 0 Å². The number of carbonyl (C=O) groups excluding carboxylic acids is 1. The Kier molecular flexibility index (Phi) is 5.29. The van der Waals surface area contributed by atoms with E-state index < -0.39 is 0 Å². The van der Waals surface area contributed by atoms with Crippen molar-refractivity contribution in [2.24, 2.45) is 0 Å². The molecule has 1 aromatic carbocycles. The molecule has 5 heteroatoms. The fraction of sp³-hybridized carbons (Fsp3) is 0.368. The summed E-state index contributed by atoms with van der Waals surface area (Å²) in [6, 6.07) is 12.6. The van der Waals surface area contributed by atoms with Crippen molar-refractivity contribution in [3.05, 3.63) is 59.5 Å². The van der Waals surface area contributed by atoms with Gasteiger partial charge in [-0.05, 0) is 62.3 Å². The zero-order valence-electron chi connectivity index (χ0n) is 13.6. The Labute approximate surface area is 141 Å². The largest absolute Gasteiger partial charge is 0.468 e. The van der Waals surface area contributed by atoms with Crippen LogP contribution in [0.2, 0.25) is 0 Å². The molecule has 124 valence electrons. The molecule has 1 amide bonds. The molecule has 2 heterocycles. The summed E-state index contributed by atoms with van der Waals surface area (Å²) in [4.78, 5) is 14.7. The van der Waals surface area contributed by atoms with Crippen molar-refractivity contribution in [1.29, 1.82) is 5.26 Å². The summed E-state index contributed by atoms with van der Waals surface area (Å²) in [7, 11) is 0. The lowest BCUT2D eigenvalue weighted by molar-refractivity contribution is 0.0914. The van der Waals surface area contributed by atoms with Gasteiger partial charge in [0.25, 0.3) is 5.91 Å². The Morgan fingerprint density at radius 2 is 1.96 bits per heavy atom. The molecule has 1 aliphatic heterocycles. The van der Waals surface area contributed by atoms with Crippen molar-refractivity contribution in [3.63, 3.8) is 0 Å². The van der Waals surface area contributed by atoms with Crippen LogP contribution in [0.25, 0.3) is 0 Å². The zero-order chi connectivity index (χ0) is 16.8. The number of hydrogen-bond donors (Lipinski definition) is 1. The van der Waals surface area contributed by atoms with Gasteiger partial charge in [0.05, 0.1) is 23.9 Å². The number of nitriles is 1. The van der Waals surface area contributed by atoms with Crippen molar-refractivity contribution in [3.8, 4) is 6.07 Å². The maximum atomic E-state index is 12.4. The van der Waals surface area contributed by atoms with E-state index in [2.05, 4.69) is 16.3 Å². The van der Waals surface area contributed by atoms with Crippen molar-refractivity contribution in [1.82, 2.24) is 10.2 Å². The van der Waals surface area contributed by atoms with Crippen LogP contribution >= 0.6 is 0 Å². The Balaban J connectivity index is 1.66. The molecule has 1 atom stereocenters. The highest BCUT2D eigenvalue weighted by Gasteiger charge is 2.25. The first-order valence-electron chi connectivity index (χ1n) is 8.34. The molecule has 1 aromatic heterocycles. The lowest BCUT2D eigenvalue weighted by Gasteiger charge is -2.33. The fourth-order valence-electron chi connectivity index (χ4n) is 3.11. The predicted octanol–water partition coefficient (Wildman–Crippen LogP) is 3.11. The molecule has 3 rings (SSSR count). The van der Waals surface area contributed by atoms with Crippen molar-refractivity contribution in [2.45, 2.75) is 25.3 Å². The number of rotatable bonds is 5. The van der Waals surface area contributed by atoms with Crippen LogP contribution in [0.15, 0.2) is 47.1 Å². The zero-order valence-corrected chi connectivity index (χ0v) is 13.6. The van der Waals surface area contributed by atoms with Crippen LogP contribution in [-0.2, 0) is 0 Å². The third kappa shape index (κ3) is 3.84. The summed E-state index contributed by atoms with van der Waals surface area (Å²) in [6.07, 6.45) is 5.30. The van der Waals surface area contributed by atoms with E-state index in [1.807, 2.05) is 12.1 Å². The number of piperidine rings is 1. The summed E-state index contributed by atoms with van der Waals surface area (Å²) in [5.41, 5.74) is 1.11. The molecule has 0 spiro atoms. The minimum atomic E-state index is -0.131. The molecule has 1 aliphatic rings. The number of carbonyl (C=O) groups is 1. The maximum Gasteiger partial charge on any atom is 0.251 e. The van der Waals surface area contributed by atoms with Crippen molar-refractivity contribution in [2.75, 3.05) is 19.6 Å². The number of benzene rings is 1. The summed E-state index contributed by atoms with van der Waals surface area (Å²) < 4.78 is 5.59. The van der Waals surface area contributed by atoms with Gasteiger partial charge in [-0.1, -0.05) is 6.42 Å². The van der Waals surface area contributed by atoms with Gasteiger partial charge in [-0.3, -0.25) is 9.69 Å². The molecule has 0 bridgehead atoms.